The van der Waals surface area contributed by atoms with Gasteiger partial charge in [-0.2, -0.15) is 0 Å². The molecule has 1 aliphatic heterocycles. The smallest absolute Gasteiger partial charge is 0.184 e. The van der Waals surface area contributed by atoms with Crippen LogP contribution in [0.3, 0.4) is 0 Å². The van der Waals surface area contributed by atoms with Gasteiger partial charge >= 0.3 is 0 Å². The number of thioether (sulfide) groups is 1. The number of rotatable bonds is 8. The number of aliphatic hydroxyl groups is 1. The number of hydrogen-bond donors (Lipinski definition) is 2. The van der Waals surface area contributed by atoms with Crippen molar-refractivity contribution in [1.82, 2.24) is 4.90 Å². The number of nitrogens with one attached hydrogen (secondary N) is 1. The van der Waals surface area contributed by atoms with E-state index in [1.165, 1.54) is 12.1 Å². The molecule has 1 fully saturated rings. The minimum absolute atomic E-state index is 0.504. The van der Waals surface area contributed by atoms with E-state index in [0.29, 0.717) is 17.6 Å². The summed E-state index contributed by atoms with van der Waals surface area (Å²) in [5, 5.41) is 14.4. The average molecular weight is 458 g/mol. The molecule has 7 heteroatoms. The van der Waals surface area contributed by atoms with Gasteiger partial charge in [-0.25, -0.2) is 0 Å². The van der Waals surface area contributed by atoms with Crippen LogP contribution in [0.25, 0.3) is 0 Å². The summed E-state index contributed by atoms with van der Waals surface area (Å²) < 4.78 is 5.83. The SMILES string of the molecule is CN(C)C1CCN(c2ccc(NC(O)c3ccc(CSc4ccc(Cl)cc4)o3)cc2)C1. The standard InChI is InChI=1S/C24H28ClN3O2S/c1-27(2)20-13-14-28(15-20)19-7-5-18(6-8-19)26-24(29)23-12-9-21(30-23)16-31-22-10-3-17(25)4-11-22/h3-12,20,24,26,29H,13-16H2,1-2H3. The van der Waals surface area contributed by atoms with Crippen LogP contribution in [0.1, 0.15) is 24.2 Å². The quantitative estimate of drug-likeness (QED) is 0.345. The molecule has 0 spiro atoms. The van der Waals surface area contributed by atoms with Crippen molar-refractivity contribution in [3.63, 3.8) is 0 Å². The maximum absolute atomic E-state index is 10.5. The van der Waals surface area contributed by atoms with Gasteiger partial charge in [0, 0.05) is 40.4 Å². The second-order valence-electron chi connectivity index (χ2n) is 7.99. The summed E-state index contributed by atoms with van der Waals surface area (Å²) in [7, 11) is 4.28. The Balaban J connectivity index is 1.30. The number of nitrogens with zero attached hydrogens (tertiary/aromatic N) is 2. The van der Waals surface area contributed by atoms with Gasteiger partial charge in [0.2, 0.25) is 0 Å². The van der Waals surface area contributed by atoms with Crippen LogP contribution < -0.4 is 10.2 Å². The monoisotopic (exact) mass is 457 g/mol. The first-order valence-corrected chi connectivity index (χ1v) is 11.8. The van der Waals surface area contributed by atoms with Crippen LogP contribution in [0.15, 0.2) is 70.0 Å². The lowest BCUT2D eigenvalue weighted by molar-refractivity contribution is 0.176. The first-order valence-electron chi connectivity index (χ1n) is 10.4. The molecule has 5 nitrogen and oxygen atoms in total. The maximum atomic E-state index is 10.5. The topological polar surface area (TPSA) is 51.9 Å². The second kappa shape index (κ2) is 10.0. The number of benzene rings is 2. The fourth-order valence-electron chi connectivity index (χ4n) is 3.70. The van der Waals surface area contributed by atoms with E-state index in [1.807, 2.05) is 48.5 Å². The average Bonchev–Trinajstić information content (AvgIpc) is 3.44. The zero-order valence-electron chi connectivity index (χ0n) is 17.8. The number of hydrogen-bond acceptors (Lipinski definition) is 6. The molecule has 2 N–H and O–H groups in total. The van der Waals surface area contributed by atoms with Crippen LogP contribution >= 0.6 is 23.4 Å². The van der Waals surface area contributed by atoms with E-state index < -0.39 is 6.23 Å². The summed E-state index contributed by atoms with van der Waals surface area (Å²) in [5.41, 5.74) is 2.07. The van der Waals surface area contributed by atoms with Gasteiger partial charge < -0.3 is 24.6 Å². The molecule has 0 bridgehead atoms. The van der Waals surface area contributed by atoms with Gasteiger partial charge in [0.05, 0.1) is 5.75 Å². The molecule has 0 saturated carbocycles. The Kier molecular flexibility index (Phi) is 7.13. The van der Waals surface area contributed by atoms with Gasteiger partial charge in [-0.1, -0.05) is 11.6 Å². The summed E-state index contributed by atoms with van der Waals surface area (Å²) in [6.45, 7) is 2.12. The summed E-state index contributed by atoms with van der Waals surface area (Å²) >= 11 is 7.59. The number of anilines is 2. The van der Waals surface area contributed by atoms with Crippen LogP contribution in [0.4, 0.5) is 11.4 Å². The van der Waals surface area contributed by atoms with Crippen molar-refractivity contribution >= 4 is 34.7 Å². The molecule has 0 aliphatic carbocycles. The van der Waals surface area contributed by atoms with Crippen LogP contribution in [-0.2, 0) is 5.75 Å². The molecule has 2 atom stereocenters. The predicted molar refractivity (Wildman–Crippen MR) is 129 cm³/mol. The third-order valence-corrected chi connectivity index (χ3v) is 6.86. The molecule has 164 valence electrons. The molecular weight excluding hydrogens is 430 g/mol. The molecule has 4 rings (SSSR count). The lowest BCUT2D eigenvalue weighted by atomic mass is 10.2. The Morgan fingerprint density at radius 2 is 1.87 bits per heavy atom. The van der Waals surface area contributed by atoms with E-state index in [9.17, 15) is 5.11 Å². The van der Waals surface area contributed by atoms with E-state index in [2.05, 4.69) is 41.3 Å². The molecule has 3 aromatic rings. The minimum atomic E-state index is -0.898. The fraction of sp³-hybridized carbons (Fsp3) is 0.333. The third-order valence-electron chi connectivity index (χ3n) is 5.58. The van der Waals surface area contributed by atoms with Crippen molar-refractivity contribution in [1.29, 1.82) is 0 Å². The van der Waals surface area contributed by atoms with Crippen molar-refractivity contribution in [2.75, 3.05) is 37.4 Å². The largest absolute Gasteiger partial charge is 0.460 e. The lowest BCUT2D eigenvalue weighted by Gasteiger charge is -2.22. The highest BCUT2D eigenvalue weighted by molar-refractivity contribution is 7.98. The minimum Gasteiger partial charge on any atom is -0.460 e. The molecule has 1 aromatic heterocycles. The number of halogens is 1. The zero-order valence-corrected chi connectivity index (χ0v) is 19.4. The molecule has 2 aromatic carbocycles. The van der Waals surface area contributed by atoms with E-state index in [4.69, 9.17) is 16.0 Å². The molecule has 2 unspecified atom stereocenters. The molecule has 31 heavy (non-hydrogen) atoms. The van der Waals surface area contributed by atoms with Crippen LogP contribution in [0.2, 0.25) is 5.02 Å². The number of likely N-dealkylation sites (N-methyl/N-ethyl adjacent to an activating group) is 1. The maximum Gasteiger partial charge on any atom is 0.184 e. The van der Waals surface area contributed by atoms with E-state index in [1.54, 1.807) is 11.8 Å². The zero-order chi connectivity index (χ0) is 21.8. The van der Waals surface area contributed by atoms with Gasteiger partial charge in [0.25, 0.3) is 0 Å². The number of furan rings is 1. The fourth-order valence-corrected chi connectivity index (χ4v) is 4.62. The van der Waals surface area contributed by atoms with Crippen molar-refractivity contribution < 1.29 is 9.52 Å². The highest BCUT2D eigenvalue weighted by Crippen LogP contribution is 2.28. The van der Waals surface area contributed by atoms with Crippen molar-refractivity contribution in [2.45, 2.75) is 29.3 Å². The first kappa shape index (κ1) is 22.1. The molecule has 0 radical (unpaired) electrons. The Hall–Kier alpha value is -2.12. The van der Waals surface area contributed by atoms with Gasteiger partial charge in [0.15, 0.2) is 12.0 Å². The van der Waals surface area contributed by atoms with Gasteiger partial charge in [-0.3, -0.25) is 0 Å². The molecule has 1 aliphatic rings. The summed E-state index contributed by atoms with van der Waals surface area (Å²) in [4.78, 5) is 5.82. The van der Waals surface area contributed by atoms with Crippen LogP contribution in [-0.4, -0.2) is 43.2 Å². The van der Waals surface area contributed by atoms with Crippen LogP contribution in [0, 0.1) is 0 Å². The highest BCUT2D eigenvalue weighted by atomic mass is 35.5. The summed E-state index contributed by atoms with van der Waals surface area (Å²) in [6.07, 6.45) is 0.285. The Morgan fingerprint density at radius 1 is 1.13 bits per heavy atom. The number of aliphatic hydroxyl groups excluding tert-OH is 1. The van der Waals surface area contributed by atoms with Gasteiger partial charge in [0.1, 0.15) is 5.76 Å². The first-order chi connectivity index (χ1) is 15.0. The second-order valence-corrected chi connectivity index (χ2v) is 9.48. The Labute approximate surface area is 193 Å². The van der Waals surface area contributed by atoms with Crippen molar-refractivity contribution in [3.8, 4) is 0 Å². The third kappa shape index (κ3) is 5.77. The van der Waals surface area contributed by atoms with E-state index in [0.717, 1.165) is 34.5 Å². The Morgan fingerprint density at radius 3 is 2.55 bits per heavy atom. The van der Waals surface area contributed by atoms with E-state index in [-0.39, 0.29) is 0 Å². The lowest BCUT2D eigenvalue weighted by Crippen LogP contribution is -2.31. The molecule has 2 heterocycles. The molecule has 1 saturated heterocycles. The Bertz CT molecular complexity index is 975. The van der Waals surface area contributed by atoms with Crippen molar-refractivity contribution in [2.24, 2.45) is 0 Å². The highest BCUT2D eigenvalue weighted by Gasteiger charge is 2.24. The summed E-state index contributed by atoms with van der Waals surface area (Å²) in [5.74, 6) is 2.01. The predicted octanol–water partition coefficient (Wildman–Crippen LogP) is 5.47. The van der Waals surface area contributed by atoms with Crippen LogP contribution in [0.5, 0.6) is 0 Å². The molecular formula is C24H28ClN3O2S. The van der Waals surface area contributed by atoms with E-state index >= 15 is 0 Å². The van der Waals surface area contributed by atoms with Gasteiger partial charge in [-0.05, 0) is 81.2 Å². The normalized spacial score (nSPS) is 17.3. The summed E-state index contributed by atoms with van der Waals surface area (Å²) in [6, 6.07) is 20.2. The van der Waals surface area contributed by atoms with Crippen molar-refractivity contribution in [3.05, 3.63) is 77.2 Å². The molecule has 0 amide bonds. The van der Waals surface area contributed by atoms with Gasteiger partial charge in [-0.15, -0.1) is 11.8 Å².